The first-order valence-electron chi connectivity index (χ1n) is 16.8. The van der Waals surface area contributed by atoms with Crippen LogP contribution in [-0.2, 0) is 0 Å². The molecule has 0 heterocycles. The van der Waals surface area contributed by atoms with E-state index < -0.39 is 0 Å². The molecule has 0 saturated heterocycles. The van der Waals surface area contributed by atoms with E-state index in [0.717, 1.165) is 0 Å². The van der Waals surface area contributed by atoms with Crippen molar-refractivity contribution in [1.29, 1.82) is 0 Å². The summed E-state index contributed by atoms with van der Waals surface area (Å²) in [6.45, 7) is 0. The van der Waals surface area contributed by atoms with E-state index in [1.165, 1.54) is 109 Å². The molecule has 0 aliphatic carbocycles. The van der Waals surface area contributed by atoms with Crippen LogP contribution in [0.3, 0.4) is 0 Å². The molecule has 0 radical (unpaired) electrons. The van der Waals surface area contributed by atoms with Crippen molar-refractivity contribution in [1.82, 2.24) is 0 Å². The van der Waals surface area contributed by atoms with Gasteiger partial charge in [0.05, 0.1) is 0 Å². The first-order chi connectivity index (χ1) is 23.8. The van der Waals surface area contributed by atoms with E-state index in [9.17, 15) is 0 Å². The van der Waals surface area contributed by atoms with E-state index in [-0.39, 0.29) is 0 Å². The van der Waals surface area contributed by atoms with E-state index >= 15 is 0 Å². The Labute approximate surface area is 277 Å². The second kappa shape index (κ2) is 9.64. The molecule has 0 N–H and O–H groups in total. The molecule has 0 aliphatic rings. The monoisotopic (exact) mass is 604 g/mol. The highest BCUT2D eigenvalue weighted by Gasteiger charge is 2.26. The highest BCUT2D eigenvalue weighted by Crippen LogP contribution is 2.54. The Morgan fingerprint density at radius 3 is 1.42 bits per heavy atom. The Kier molecular flexibility index (Phi) is 5.20. The maximum Gasteiger partial charge on any atom is -0.000719 e. The third-order valence-electron chi connectivity index (χ3n) is 10.7. The molecule has 0 saturated carbocycles. The molecule has 0 fully saturated rings. The van der Waals surface area contributed by atoms with Gasteiger partial charge in [0.1, 0.15) is 0 Å². The van der Waals surface area contributed by atoms with E-state index in [4.69, 9.17) is 0 Å². The molecule has 0 atom stereocenters. The van der Waals surface area contributed by atoms with Crippen molar-refractivity contribution in [3.63, 3.8) is 0 Å². The van der Waals surface area contributed by atoms with Crippen molar-refractivity contribution in [2.45, 2.75) is 0 Å². The number of fused-ring (bicyclic) bond motifs is 8. The van der Waals surface area contributed by atoms with Crippen molar-refractivity contribution in [2.75, 3.05) is 0 Å². The Morgan fingerprint density at radius 1 is 0.208 bits per heavy atom. The van der Waals surface area contributed by atoms with Crippen molar-refractivity contribution in [2.24, 2.45) is 0 Å². The van der Waals surface area contributed by atoms with E-state index in [0.29, 0.717) is 0 Å². The highest BCUT2D eigenvalue weighted by molar-refractivity contribution is 6.44. The molecular weight excluding hydrogens is 577 g/mol. The van der Waals surface area contributed by atoms with Gasteiger partial charge in [-0.3, -0.25) is 0 Å². The normalized spacial score (nSPS) is 12.2. The van der Waals surface area contributed by atoms with Crippen LogP contribution in [0.2, 0.25) is 0 Å². The summed E-state index contributed by atoms with van der Waals surface area (Å²) in [5.41, 5.74) is 7.65. The second-order valence-electron chi connectivity index (χ2n) is 13.1. The van der Waals surface area contributed by atoms with Gasteiger partial charge < -0.3 is 0 Å². The maximum absolute atomic E-state index is 2.53. The van der Waals surface area contributed by atoms with Gasteiger partial charge in [0.25, 0.3) is 0 Å². The summed E-state index contributed by atoms with van der Waals surface area (Å²) in [7, 11) is 0. The molecule has 0 aliphatic heterocycles. The van der Waals surface area contributed by atoms with Crippen LogP contribution >= 0.6 is 0 Å². The summed E-state index contributed by atoms with van der Waals surface area (Å²) in [5.74, 6) is 0. The third-order valence-corrected chi connectivity index (χ3v) is 10.7. The minimum atomic E-state index is 1.24. The predicted octanol–water partition coefficient (Wildman–Crippen LogP) is 13.6. The van der Waals surface area contributed by atoms with E-state index in [1.54, 1.807) is 0 Å². The van der Waals surface area contributed by atoms with Gasteiger partial charge in [-0.05, 0) is 121 Å². The molecule has 0 bridgehead atoms. The smallest absolute Gasteiger partial charge is 0.000719 e. The van der Waals surface area contributed by atoms with Crippen LogP contribution < -0.4 is 0 Å². The summed E-state index contributed by atoms with van der Waals surface area (Å²) in [5, 5.41) is 18.6. The molecule has 11 aromatic carbocycles. The van der Waals surface area contributed by atoms with Crippen LogP contribution in [-0.4, -0.2) is 0 Å². The SMILES string of the molecule is c1ccc(-c2ccc3c(c2)c2cc4c(-c5ccccc5)c5c6cccc7cccc(c5c(-c5ccccc5)c4c4cccc3c24)c76)cc1. The first kappa shape index (κ1) is 25.9. The molecule has 0 nitrogen and oxygen atoms in total. The summed E-state index contributed by atoms with van der Waals surface area (Å²) in [6.07, 6.45) is 0. The quantitative estimate of drug-likeness (QED) is 0.176. The third kappa shape index (κ3) is 3.39. The van der Waals surface area contributed by atoms with Crippen LogP contribution in [0.4, 0.5) is 0 Å². The lowest BCUT2D eigenvalue weighted by atomic mass is 9.84. The Bertz CT molecular complexity index is 3000. The van der Waals surface area contributed by atoms with Gasteiger partial charge in [-0.15, -0.1) is 0 Å². The van der Waals surface area contributed by atoms with Crippen LogP contribution in [0.25, 0.3) is 109 Å². The molecule has 11 aromatic rings. The van der Waals surface area contributed by atoms with Gasteiger partial charge in [-0.1, -0.05) is 158 Å². The van der Waals surface area contributed by atoms with Crippen LogP contribution in [0, 0.1) is 0 Å². The van der Waals surface area contributed by atoms with Gasteiger partial charge in [0.2, 0.25) is 0 Å². The van der Waals surface area contributed by atoms with Crippen molar-refractivity contribution in [3.05, 3.63) is 170 Å². The zero-order valence-corrected chi connectivity index (χ0v) is 26.2. The lowest BCUT2D eigenvalue weighted by Crippen LogP contribution is -1.91. The lowest BCUT2D eigenvalue weighted by molar-refractivity contribution is 1.66. The largest absolute Gasteiger partial charge is 0.0622 e. The second-order valence-corrected chi connectivity index (χ2v) is 13.1. The summed E-state index contributed by atoms with van der Waals surface area (Å²) < 4.78 is 0. The molecule has 48 heavy (non-hydrogen) atoms. The van der Waals surface area contributed by atoms with E-state index in [2.05, 4.69) is 170 Å². The Balaban J connectivity index is 1.45. The summed E-state index contributed by atoms with van der Waals surface area (Å²) >= 11 is 0. The molecule has 0 amide bonds. The van der Waals surface area contributed by atoms with Crippen molar-refractivity contribution >= 4 is 75.4 Å². The predicted molar refractivity (Wildman–Crippen MR) is 208 cm³/mol. The Morgan fingerprint density at radius 2 is 0.750 bits per heavy atom. The van der Waals surface area contributed by atoms with Gasteiger partial charge in [-0.2, -0.15) is 0 Å². The summed E-state index contributed by atoms with van der Waals surface area (Å²) in [4.78, 5) is 0. The zero-order chi connectivity index (χ0) is 31.3. The molecule has 0 spiro atoms. The summed E-state index contributed by atoms with van der Waals surface area (Å²) in [6, 6.07) is 63.1. The van der Waals surface area contributed by atoms with Crippen LogP contribution in [0.1, 0.15) is 0 Å². The molecule has 0 heteroatoms. The first-order valence-corrected chi connectivity index (χ1v) is 16.8. The zero-order valence-electron chi connectivity index (χ0n) is 26.2. The molecule has 11 rings (SSSR count). The molecule has 220 valence electrons. The van der Waals surface area contributed by atoms with E-state index in [1.807, 2.05) is 0 Å². The van der Waals surface area contributed by atoms with Crippen molar-refractivity contribution in [3.8, 4) is 33.4 Å². The van der Waals surface area contributed by atoms with Gasteiger partial charge >= 0.3 is 0 Å². The lowest BCUT2D eigenvalue weighted by Gasteiger charge is -2.19. The number of rotatable bonds is 3. The molecular formula is C48H28. The number of benzene rings is 9. The average molecular weight is 605 g/mol. The Hall–Kier alpha value is -6.24. The minimum Gasteiger partial charge on any atom is -0.0622 e. The maximum atomic E-state index is 2.53. The minimum absolute atomic E-state index is 1.24. The molecule has 0 aromatic heterocycles. The number of hydrogen-bond acceptors (Lipinski definition) is 0. The highest BCUT2D eigenvalue weighted by atomic mass is 14.3. The topological polar surface area (TPSA) is 0 Å². The standard InChI is InChI=1S/C48H28/c1-4-13-29(14-5-1)33-25-26-34-35-21-12-24-38-45(35)40(39(34)27-33)28-41-43(31-15-6-2-7-16-31)47-36-22-10-19-30-20-11-23-37(42(30)36)48(47)44(46(38)41)32-17-8-3-9-18-32/h1-28H. The van der Waals surface area contributed by atoms with Crippen LogP contribution in [0.15, 0.2) is 170 Å². The fraction of sp³-hybridized carbons (Fsp3) is 0. The van der Waals surface area contributed by atoms with Gasteiger partial charge in [0, 0.05) is 0 Å². The average Bonchev–Trinajstić information content (AvgIpc) is 3.66. The fourth-order valence-corrected chi connectivity index (χ4v) is 8.80. The van der Waals surface area contributed by atoms with Crippen LogP contribution in [0.5, 0.6) is 0 Å². The van der Waals surface area contributed by atoms with Gasteiger partial charge in [-0.25, -0.2) is 0 Å². The molecule has 0 unspecified atom stereocenters. The van der Waals surface area contributed by atoms with Gasteiger partial charge in [0.15, 0.2) is 0 Å². The number of hydrogen-bond donors (Lipinski definition) is 0. The van der Waals surface area contributed by atoms with Crippen molar-refractivity contribution < 1.29 is 0 Å². The fourth-order valence-electron chi connectivity index (χ4n) is 8.80.